The van der Waals surface area contributed by atoms with Gasteiger partial charge in [0.15, 0.2) is 0 Å². The highest BCUT2D eigenvalue weighted by Crippen LogP contribution is 2.24. The highest BCUT2D eigenvalue weighted by atomic mass is 16.5. The van der Waals surface area contributed by atoms with Crippen molar-refractivity contribution in [1.29, 1.82) is 0 Å². The van der Waals surface area contributed by atoms with Gasteiger partial charge in [-0.05, 0) is 12.1 Å². The molecule has 1 aromatic carbocycles. The molecule has 0 aliphatic carbocycles. The summed E-state index contributed by atoms with van der Waals surface area (Å²) in [6.45, 7) is 2.20. The van der Waals surface area contributed by atoms with Gasteiger partial charge in [0, 0.05) is 18.7 Å². The summed E-state index contributed by atoms with van der Waals surface area (Å²) in [7, 11) is 1.63. The third-order valence-electron chi connectivity index (χ3n) is 2.97. The van der Waals surface area contributed by atoms with Crippen LogP contribution in [0.2, 0.25) is 0 Å². The van der Waals surface area contributed by atoms with Crippen molar-refractivity contribution in [3.05, 3.63) is 30.2 Å². The Kier molecular flexibility index (Phi) is 3.43. The Bertz CT molecular complexity index is 550. The molecule has 1 aliphatic rings. The van der Waals surface area contributed by atoms with Crippen LogP contribution in [0.3, 0.4) is 0 Å². The van der Waals surface area contributed by atoms with Crippen molar-refractivity contribution < 1.29 is 14.0 Å². The molecule has 6 heteroatoms. The van der Waals surface area contributed by atoms with E-state index in [2.05, 4.69) is 15.5 Å². The molecule has 0 bridgehead atoms. The molecule has 2 aromatic rings. The minimum absolute atomic E-state index is 0.166. The third-order valence-corrected chi connectivity index (χ3v) is 2.97. The summed E-state index contributed by atoms with van der Waals surface area (Å²) < 4.78 is 16.0. The monoisotopic (exact) mass is 261 g/mol. The summed E-state index contributed by atoms with van der Waals surface area (Å²) in [5.41, 5.74) is 0.859. The number of nitrogens with one attached hydrogen (secondary N) is 1. The van der Waals surface area contributed by atoms with Gasteiger partial charge in [0.1, 0.15) is 11.9 Å². The van der Waals surface area contributed by atoms with Crippen LogP contribution in [0.25, 0.3) is 11.4 Å². The molecule has 1 N–H and O–H groups in total. The predicted octanol–water partition coefficient (Wildman–Crippen LogP) is 1.41. The van der Waals surface area contributed by atoms with E-state index in [1.54, 1.807) is 7.11 Å². The highest BCUT2D eigenvalue weighted by molar-refractivity contribution is 5.56. The van der Waals surface area contributed by atoms with Crippen LogP contribution in [0.1, 0.15) is 12.0 Å². The molecule has 1 fully saturated rings. The standard InChI is InChI=1S/C13H15N3O3/c1-17-10-4-2-3-9(7-10)12-15-13(19-16-12)11-8-14-5-6-18-11/h2-4,7,11,14H,5-6,8H2,1H3/t11-/m1/s1. The first-order chi connectivity index (χ1) is 9.36. The second-order valence-electron chi connectivity index (χ2n) is 4.25. The molecule has 0 saturated carbocycles. The second-order valence-corrected chi connectivity index (χ2v) is 4.25. The third kappa shape index (κ3) is 2.59. The van der Waals surface area contributed by atoms with Crippen LogP contribution >= 0.6 is 0 Å². The summed E-state index contributed by atoms with van der Waals surface area (Å²) in [4.78, 5) is 4.38. The average Bonchev–Trinajstić information content (AvgIpc) is 2.98. The molecule has 0 radical (unpaired) electrons. The Morgan fingerprint density at radius 1 is 1.42 bits per heavy atom. The van der Waals surface area contributed by atoms with Crippen molar-refractivity contribution >= 4 is 0 Å². The van der Waals surface area contributed by atoms with Crippen LogP contribution in [0.5, 0.6) is 5.75 Å². The van der Waals surface area contributed by atoms with Crippen LogP contribution < -0.4 is 10.1 Å². The maximum Gasteiger partial charge on any atom is 0.257 e. The molecular formula is C13H15N3O3. The van der Waals surface area contributed by atoms with Crippen LogP contribution in [0, 0.1) is 0 Å². The number of morpholine rings is 1. The van der Waals surface area contributed by atoms with E-state index < -0.39 is 0 Å². The molecule has 19 heavy (non-hydrogen) atoms. The lowest BCUT2D eigenvalue weighted by Gasteiger charge is -2.19. The van der Waals surface area contributed by atoms with Gasteiger partial charge < -0.3 is 19.3 Å². The summed E-state index contributed by atoms with van der Waals surface area (Å²) in [6.07, 6.45) is -0.166. The van der Waals surface area contributed by atoms with Crippen LogP contribution in [0.4, 0.5) is 0 Å². The molecule has 0 amide bonds. The minimum Gasteiger partial charge on any atom is -0.497 e. The summed E-state index contributed by atoms with van der Waals surface area (Å²) >= 11 is 0. The molecule has 1 saturated heterocycles. The number of methoxy groups -OCH3 is 1. The fourth-order valence-electron chi connectivity index (χ4n) is 1.97. The summed E-state index contributed by atoms with van der Waals surface area (Å²) in [5, 5.41) is 7.22. The van der Waals surface area contributed by atoms with Crippen molar-refractivity contribution in [2.75, 3.05) is 26.8 Å². The number of nitrogens with zero attached hydrogens (tertiary/aromatic N) is 2. The number of benzene rings is 1. The molecule has 6 nitrogen and oxygen atoms in total. The zero-order valence-electron chi connectivity index (χ0n) is 10.6. The van der Waals surface area contributed by atoms with E-state index in [0.29, 0.717) is 24.9 Å². The molecule has 100 valence electrons. The average molecular weight is 261 g/mol. The number of hydrogen-bond acceptors (Lipinski definition) is 6. The minimum atomic E-state index is -0.166. The molecule has 0 spiro atoms. The van der Waals surface area contributed by atoms with E-state index in [0.717, 1.165) is 17.9 Å². The Morgan fingerprint density at radius 3 is 3.16 bits per heavy atom. The summed E-state index contributed by atoms with van der Waals surface area (Å²) in [6, 6.07) is 7.55. The molecule has 3 rings (SSSR count). The number of aromatic nitrogens is 2. The van der Waals surface area contributed by atoms with E-state index in [9.17, 15) is 0 Å². The quantitative estimate of drug-likeness (QED) is 0.900. The normalized spacial score (nSPS) is 19.3. The van der Waals surface area contributed by atoms with Crippen molar-refractivity contribution in [2.24, 2.45) is 0 Å². The zero-order chi connectivity index (χ0) is 13.1. The van der Waals surface area contributed by atoms with Crippen LogP contribution in [-0.4, -0.2) is 36.9 Å². The molecule has 0 unspecified atom stereocenters. The van der Waals surface area contributed by atoms with Gasteiger partial charge in [0.05, 0.1) is 13.7 Å². The molecule has 1 aliphatic heterocycles. The fraction of sp³-hybridized carbons (Fsp3) is 0.385. The van der Waals surface area contributed by atoms with E-state index in [-0.39, 0.29) is 6.10 Å². The van der Waals surface area contributed by atoms with Gasteiger partial charge in [-0.3, -0.25) is 0 Å². The maximum absolute atomic E-state index is 5.57. The Balaban J connectivity index is 1.83. The van der Waals surface area contributed by atoms with Crippen molar-refractivity contribution in [2.45, 2.75) is 6.10 Å². The van der Waals surface area contributed by atoms with E-state index >= 15 is 0 Å². The van der Waals surface area contributed by atoms with Gasteiger partial charge in [-0.15, -0.1) is 0 Å². The van der Waals surface area contributed by atoms with Crippen molar-refractivity contribution in [3.63, 3.8) is 0 Å². The van der Waals surface area contributed by atoms with Gasteiger partial charge in [-0.1, -0.05) is 17.3 Å². The van der Waals surface area contributed by atoms with Crippen molar-refractivity contribution in [1.82, 2.24) is 15.5 Å². The fourth-order valence-corrected chi connectivity index (χ4v) is 1.97. The lowest BCUT2D eigenvalue weighted by Crippen LogP contribution is -2.33. The Labute approximate surface area is 110 Å². The van der Waals surface area contributed by atoms with E-state index in [1.165, 1.54) is 0 Å². The number of hydrogen-bond donors (Lipinski definition) is 1. The van der Waals surface area contributed by atoms with Crippen LogP contribution in [-0.2, 0) is 4.74 Å². The zero-order valence-corrected chi connectivity index (χ0v) is 10.6. The van der Waals surface area contributed by atoms with Gasteiger partial charge in [0.2, 0.25) is 5.82 Å². The Morgan fingerprint density at radius 2 is 2.37 bits per heavy atom. The van der Waals surface area contributed by atoms with Gasteiger partial charge in [0.25, 0.3) is 5.89 Å². The SMILES string of the molecule is COc1cccc(-c2noc([C@H]3CNCCO3)n2)c1. The maximum atomic E-state index is 5.57. The first-order valence-corrected chi connectivity index (χ1v) is 6.17. The van der Waals surface area contributed by atoms with Gasteiger partial charge >= 0.3 is 0 Å². The molecule has 1 atom stereocenters. The first kappa shape index (κ1) is 12.1. The Hall–Kier alpha value is -1.92. The molecule has 2 heterocycles. The number of rotatable bonds is 3. The summed E-state index contributed by atoms with van der Waals surface area (Å²) in [5.74, 6) is 1.81. The predicted molar refractivity (Wildman–Crippen MR) is 67.8 cm³/mol. The lowest BCUT2D eigenvalue weighted by molar-refractivity contribution is 0.00755. The van der Waals surface area contributed by atoms with Gasteiger partial charge in [-0.25, -0.2) is 0 Å². The highest BCUT2D eigenvalue weighted by Gasteiger charge is 2.22. The number of ether oxygens (including phenoxy) is 2. The first-order valence-electron chi connectivity index (χ1n) is 6.17. The van der Waals surface area contributed by atoms with Crippen LogP contribution in [0.15, 0.2) is 28.8 Å². The largest absolute Gasteiger partial charge is 0.497 e. The lowest BCUT2D eigenvalue weighted by atomic mass is 10.2. The van der Waals surface area contributed by atoms with Crippen molar-refractivity contribution in [3.8, 4) is 17.1 Å². The topological polar surface area (TPSA) is 69.4 Å². The van der Waals surface area contributed by atoms with E-state index in [4.69, 9.17) is 14.0 Å². The smallest absolute Gasteiger partial charge is 0.257 e. The second kappa shape index (κ2) is 5.38. The molecular weight excluding hydrogens is 246 g/mol. The van der Waals surface area contributed by atoms with E-state index in [1.807, 2.05) is 24.3 Å². The molecule has 1 aromatic heterocycles. The van der Waals surface area contributed by atoms with Gasteiger partial charge in [-0.2, -0.15) is 4.98 Å².